The molecule has 0 aromatic carbocycles. The number of hydrogen-bond donors (Lipinski definition) is 1. The van der Waals surface area contributed by atoms with Crippen LogP contribution in [0.1, 0.15) is 41.1 Å². The number of rotatable bonds is 3. The zero-order valence-corrected chi connectivity index (χ0v) is 15.4. The van der Waals surface area contributed by atoms with Crippen LogP contribution in [0.15, 0.2) is 35.2 Å². The normalized spacial score (nSPS) is 19.4. The van der Waals surface area contributed by atoms with Crippen LogP contribution in [0.3, 0.4) is 0 Å². The summed E-state index contributed by atoms with van der Waals surface area (Å²) in [5.74, 6) is 1.88. The third-order valence-corrected chi connectivity index (χ3v) is 5.31. The lowest BCUT2D eigenvalue weighted by atomic mass is 10.2. The average Bonchev–Trinajstić information content (AvgIpc) is 3.45. The summed E-state index contributed by atoms with van der Waals surface area (Å²) in [6, 6.07) is 3.46. The summed E-state index contributed by atoms with van der Waals surface area (Å²) in [4.78, 5) is 28.1. The summed E-state index contributed by atoms with van der Waals surface area (Å²) in [5, 5.41) is 7.42. The van der Waals surface area contributed by atoms with Crippen molar-refractivity contribution in [1.82, 2.24) is 34.9 Å². The maximum atomic E-state index is 13.1. The molecule has 1 N–H and O–H groups in total. The lowest BCUT2D eigenvalue weighted by Crippen LogP contribution is -2.31. The fourth-order valence-corrected chi connectivity index (χ4v) is 3.88. The second-order valence-electron chi connectivity index (χ2n) is 7.08. The van der Waals surface area contributed by atoms with Gasteiger partial charge >= 0.3 is 0 Å². The van der Waals surface area contributed by atoms with Crippen LogP contribution in [0, 0.1) is 0 Å². The molecule has 1 atom stereocenters. The molecule has 5 heterocycles. The lowest BCUT2D eigenvalue weighted by molar-refractivity contribution is 0.0704. The van der Waals surface area contributed by atoms with Gasteiger partial charge in [-0.15, -0.1) is 0 Å². The number of carbonyl (C=O) groups excluding carboxylic acids is 1. The van der Waals surface area contributed by atoms with Gasteiger partial charge in [-0.1, -0.05) is 5.16 Å². The van der Waals surface area contributed by atoms with Gasteiger partial charge in [0.05, 0.1) is 0 Å². The van der Waals surface area contributed by atoms with Gasteiger partial charge in [0.1, 0.15) is 17.6 Å². The Bertz CT molecular complexity index is 958. The molecule has 0 bridgehead atoms. The largest absolute Gasteiger partial charge is 0.337 e. The Labute approximate surface area is 161 Å². The molecule has 144 valence electrons. The quantitative estimate of drug-likeness (QED) is 0.735. The highest BCUT2D eigenvalue weighted by atomic mass is 16.5. The van der Waals surface area contributed by atoms with Crippen LogP contribution in [-0.4, -0.2) is 55.1 Å². The first kappa shape index (κ1) is 17.1. The summed E-state index contributed by atoms with van der Waals surface area (Å²) in [7, 11) is 0. The second-order valence-corrected chi connectivity index (χ2v) is 7.08. The number of pyridine rings is 1. The van der Waals surface area contributed by atoms with E-state index in [1.807, 2.05) is 23.2 Å². The molecule has 5 rings (SSSR count). The Balaban J connectivity index is 1.38. The summed E-state index contributed by atoms with van der Waals surface area (Å²) in [6.07, 6.45) is 7.79. The predicted octanol–water partition coefficient (Wildman–Crippen LogP) is 1.45. The molecule has 0 unspecified atom stereocenters. The van der Waals surface area contributed by atoms with E-state index in [-0.39, 0.29) is 11.9 Å². The molecular weight excluding hydrogens is 358 g/mol. The van der Waals surface area contributed by atoms with E-state index in [2.05, 4.69) is 30.0 Å². The zero-order chi connectivity index (χ0) is 18.9. The molecular formula is C19H21N7O2. The van der Waals surface area contributed by atoms with Gasteiger partial charge in [0.2, 0.25) is 11.7 Å². The van der Waals surface area contributed by atoms with Crippen molar-refractivity contribution in [2.24, 2.45) is 0 Å². The molecule has 3 aromatic heterocycles. The van der Waals surface area contributed by atoms with Gasteiger partial charge in [0.15, 0.2) is 0 Å². The average molecular weight is 379 g/mol. The number of amides is 1. The minimum absolute atomic E-state index is 0.0697. The summed E-state index contributed by atoms with van der Waals surface area (Å²) in [5.41, 5.74) is 1.34. The van der Waals surface area contributed by atoms with Gasteiger partial charge in [-0.25, -0.2) is 4.98 Å². The number of carbonyl (C=O) groups is 1. The Kier molecular flexibility index (Phi) is 4.36. The minimum Gasteiger partial charge on any atom is -0.337 e. The molecule has 0 radical (unpaired) electrons. The number of hydrogen-bond acceptors (Lipinski definition) is 7. The predicted molar refractivity (Wildman–Crippen MR) is 99.3 cm³/mol. The summed E-state index contributed by atoms with van der Waals surface area (Å²) < 4.78 is 7.58. The highest BCUT2D eigenvalue weighted by Crippen LogP contribution is 2.33. The maximum absolute atomic E-state index is 13.1. The molecule has 1 amide bonds. The van der Waals surface area contributed by atoms with Crippen LogP contribution in [0.5, 0.6) is 0 Å². The Morgan fingerprint density at radius 1 is 1.18 bits per heavy atom. The van der Waals surface area contributed by atoms with Crippen molar-refractivity contribution in [2.45, 2.75) is 31.8 Å². The van der Waals surface area contributed by atoms with Crippen molar-refractivity contribution in [2.75, 3.05) is 19.6 Å². The molecule has 3 aromatic rings. The van der Waals surface area contributed by atoms with E-state index in [9.17, 15) is 4.79 Å². The van der Waals surface area contributed by atoms with Crippen molar-refractivity contribution in [3.63, 3.8) is 0 Å². The van der Waals surface area contributed by atoms with Gasteiger partial charge in [-0.2, -0.15) is 4.98 Å². The standard InChI is InChI=1S/C19H21N7O2/c27-19(14-12-25-11-9-21-8-5-16(25)22-14)26-10-1-2-15(26)18-23-17(24-28-18)13-3-6-20-7-4-13/h3-4,6-7,12,15,21H,1-2,5,8-11H2/t15-/m0/s1. The smallest absolute Gasteiger partial charge is 0.274 e. The molecule has 2 aliphatic rings. The third kappa shape index (κ3) is 3.07. The van der Waals surface area contributed by atoms with Crippen LogP contribution in [-0.2, 0) is 13.0 Å². The first-order chi connectivity index (χ1) is 13.8. The Morgan fingerprint density at radius 2 is 2.07 bits per heavy atom. The van der Waals surface area contributed by atoms with Gasteiger partial charge in [-0.05, 0) is 25.0 Å². The molecule has 28 heavy (non-hydrogen) atoms. The van der Waals surface area contributed by atoms with Crippen LogP contribution in [0.2, 0.25) is 0 Å². The van der Waals surface area contributed by atoms with Crippen molar-refractivity contribution < 1.29 is 9.32 Å². The summed E-state index contributed by atoms with van der Waals surface area (Å²) >= 11 is 0. The number of fused-ring (bicyclic) bond motifs is 1. The van der Waals surface area contributed by atoms with Gasteiger partial charge in [0, 0.05) is 56.8 Å². The van der Waals surface area contributed by atoms with E-state index >= 15 is 0 Å². The van der Waals surface area contributed by atoms with E-state index in [0.29, 0.717) is 24.0 Å². The number of nitrogens with one attached hydrogen (secondary N) is 1. The SMILES string of the molecule is O=C(c1cn2c(n1)CCNCC2)N1CCC[C@H]1c1nc(-c2ccncc2)no1. The van der Waals surface area contributed by atoms with Gasteiger partial charge in [-0.3, -0.25) is 9.78 Å². The maximum Gasteiger partial charge on any atom is 0.274 e. The monoisotopic (exact) mass is 379 g/mol. The lowest BCUT2D eigenvalue weighted by Gasteiger charge is -2.20. The van der Waals surface area contributed by atoms with Gasteiger partial charge < -0.3 is 19.3 Å². The topological polar surface area (TPSA) is 102 Å². The molecule has 2 aliphatic heterocycles. The number of likely N-dealkylation sites (tertiary alicyclic amines) is 1. The van der Waals surface area contributed by atoms with Gasteiger partial charge in [0.25, 0.3) is 5.91 Å². The van der Waals surface area contributed by atoms with Crippen LogP contribution in [0.25, 0.3) is 11.4 Å². The number of aromatic nitrogens is 5. The van der Waals surface area contributed by atoms with Crippen LogP contribution in [0.4, 0.5) is 0 Å². The van der Waals surface area contributed by atoms with E-state index in [4.69, 9.17) is 4.52 Å². The van der Waals surface area contributed by atoms with Crippen molar-refractivity contribution in [3.8, 4) is 11.4 Å². The molecule has 1 saturated heterocycles. The van der Waals surface area contributed by atoms with E-state index in [1.165, 1.54) is 0 Å². The first-order valence-corrected chi connectivity index (χ1v) is 9.61. The second kappa shape index (κ2) is 7.16. The third-order valence-electron chi connectivity index (χ3n) is 5.31. The van der Waals surface area contributed by atoms with E-state index in [1.54, 1.807) is 12.4 Å². The highest BCUT2D eigenvalue weighted by Gasteiger charge is 2.35. The number of nitrogens with zero attached hydrogens (tertiary/aromatic N) is 6. The molecule has 9 heteroatoms. The van der Waals surface area contributed by atoms with Crippen LogP contribution < -0.4 is 5.32 Å². The minimum atomic E-state index is -0.209. The Hall–Kier alpha value is -3.07. The number of imidazole rings is 1. The van der Waals surface area contributed by atoms with E-state index in [0.717, 1.165) is 50.3 Å². The molecule has 9 nitrogen and oxygen atoms in total. The molecule has 0 spiro atoms. The highest BCUT2D eigenvalue weighted by molar-refractivity contribution is 5.92. The van der Waals surface area contributed by atoms with Crippen molar-refractivity contribution in [3.05, 3.63) is 48.1 Å². The van der Waals surface area contributed by atoms with Crippen LogP contribution >= 0.6 is 0 Å². The van der Waals surface area contributed by atoms with Crippen molar-refractivity contribution >= 4 is 5.91 Å². The molecule has 0 saturated carbocycles. The van der Waals surface area contributed by atoms with Crippen molar-refractivity contribution in [1.29, 1.82) is 0 Å². The fraction of sp³-hybridized carbons (Fsp3) is 0.421. The van der Waals surface area contributed by atoms with E-state index < -0.39 is 0 Å². The Morgan fingerprint density at radius 3 is 2.96 bits per heavy atom. The molecule has 1 fully saturated rings. The first-order valence-electron chi connectivity index (χ1n) is 9.61. The summed E-state index contributed by atoms with van der Waals surface area (Å²) in [6.45, 7) is 3.28. The fourth-order valence-electron chi connectivity index (χ4n) is 3.88. The molecule has 0 aliphatic carbocycles. The zero-order valence-electron chi connectivity index (χ0n) is 15.4.